The summed E-state index contributed by atoms with van der Waals surface area (Å²) in [5.74, 6) is -0.574. The fourth-order valence-corrected chi connectivity index (χ4v) is 2.01. The molecule has 0 bridgehead atoms. The van der Waals surface area contributed by atoms with Crippen molar-refractivity contribution in [3.05, 3.63) is 41.3 Å². The fraction of sp³-hybridized carbons (Fsp3) is 0.231. The maximum Gasteiger partial charge on any atom is 0.274 e. The zero-order chi connectivity index (χ0) is 13.8. The lowest BCUT2D eigenvalue weighted by molar-refractivity contribution is -0.115. The van der Waals surface area contributed by atoms with Gasteiger partial charge in [-0.1, -0.05) is 12.1 Å². The van der Waals surface area contributed by atoms with Crippen LogP contribution in [0.4, 0.5) is 4.39 Å². The lowest BCUT2D eigenvalue weighted by atomic mass is 10.2. The van der Waals surface area contributed by atoms with Gasteiger partial charge < -0.3 is 9.64 Å². The van der Waals surface area contributed by atoms with Crippen molar-refractivity contribution in [1.82, 2.24) is 10.2 Å². The number of halogens is 1. The van der Waals surface area contributed by atoms with E-state index >= 15 is 0 Å². The van der Waals surface area contributed by atoms with Crippen LogP contribution in [0.3, 0.4) is 0 Å². The van der Waals surface area contributed by atoms with Crippen molar-refractivity contribution in [3.8, 4) is 0 Å². The third kappa shape index (κ3) is 3.15. The molecule has 1 aliphatic heterocycles. The molecule has 6 heteroatoms. The zero-order valence-corrected chi connectivity index (χ0v) is 11.2. The van der Waals surface area contributed by atoms with Gasteiger partial charge in [0.1, 0.15) is 11.5 Å². The van der Waals surface area contributed by atoms with Crippen LogP contribution in [0.1, 0.15) is 5.56 Å². The van der Waals surface area contributed by atoms with Gasteiger partial charge in [0, 0.05) is 13.7 Å². The van der Waals surface area contributed by atoms with Gasteiger partial charge in [-0.25, -0.2) is 4.39 Å². The molecule has 0 aliphatic carbocycles. The summed E-state index contributed by atoms with van der Waals surface area (Å²) in [7, 11) is 1.58. The van der Waals surface area contributed by atoms with Crippen molar-refractivity contribution < 1.29 is 13.9 Å². The molecular weight excluding hydrogens is 267 g/mol. The summed E-state index contributed by atoms with van der Waals surface area (Å²) in [6.07, 6.45) is 1.67. The molecule has 0 aromatic heterocycles. The maximum absolute atomic E-state index is 12.8. The van der Waals surface area contributed by atoms with Crippen LogP contribution >= 0.6 is 12.2 Å². The van der Waals surface area contributed by atoms with E-state index in [0.29, 0.717) is 24.0 Å². The monoisotopic (exact) mass is 280 g/mol. The molecule has 1 aromatic rings. The Kier molecular flexibility index (Phi) is 4.24. The second-order valence-electron chi connectivity index (χ2n) is 3.98. The predicted octanol–water partition coefficient (Wildman–Crippen LogP) is 1.53. The molecular formula is C13H13FN2O2S. The number of thiocarbonyl (C=S) groups is 1. The van der Waals surface area contributed by atoms with E-state index in [0.717, 1.165) is 5.56 Å². The number of nitrogens with zero attached hydrogens (tertiary/aromatic N) is 1. The van der Waals surface area contributed by atoms with Crippen LogP contribution in [0, 0.1) is 5.82 Å². The largest absolute Gasteiger partial charge is 0.383 e. The van der Waals surface area contributed by atoms with E-state index in [-0.39, 0.29) is 11.7 Å². The number of benzene rings is 1. The summed E-state index contributed by atoms with van der Waals surface area (Å²) in [5, 5.41) is 2.93. The van der Waals surface area contributed by atoms with Gasteiger partial charge in [0.2, 0.25) is 0 Å². The van der Waals surface area contributed by atoms with E-state index in [2.05, 4.69) is 5.32 Å². The molecule has 1 heterocycles. The molecule has 0 radical (unpaired) electrons. The number of ether oxygens (including phenoxy) is 1. The highest BCUT2D eigenvalue weighted by molar-refractivity contribution is 7.80. The zero-order valence-electron chi connectivity index (χ0n) is 10.4. The Labute approximate surface area is 115 Å². The first kappa shape index (κ1) is 13.6. The van der Waals surface area contributed by atoms with Crippen LogP contribution in [-0.4, -0.2) is 36.2 Å². The number of carbonyl (C=O) groups excluding carboxylic acids is 1. The predicted molar refractivity (Wildman–Crippen MR) is 73.7 cm³/mol. The van der Waals surface area contributed by atoms with Gasteiger partial charge in [0.15, 0.2) is 5.11 Å². The molecule has 0 spiro atoms. The van der Waals surface area contributed by atoms with Crippen LogP contribution in [0.15, 0.2) is 30.0 Å². The molecule has 0 atom stereocenters. The number of amides is 1. The number of carbonyl (C=O) groups is 1. The van der Waals surface area contributed by atoms with Crippen LogP contribution < -0.4 is 5.32 Å². The second-order valence-corrected chi connectivity index (χ2v) is 4.37. The van der Waals surface area contributed by atoms with E-state index in [4.69, 9.17) is 17.0 Å². The minimum absolute atomic E-state index is 0.259. The molecule has 0 saturated carbocycles. The third-order valence-electron chi connectivity index (χ3n) is 2.68. The Hall–Kier alpha value is -1.79. The van der Waals surface area contributed by atoms with Crippen molar-refractivity contribution in [3.63, 3.8) is 0 Å². The molecule has 100 valence electrons. The minimum Gasteiger partial charge on any atom is -0.383 e. The molecule has 1 N–H and O–H groups in total. The number of rotatable bonds is 4. The molecule has 1 amide bonds. The van der Waals surface area contributed by atoms with Gasteiger partial charge in [0.05, 0.1) is 6.61 Å². The average molecular weight is 280 g/mol. The highest BCUT2D eigenvalue weighted by Gasteiger charge is 2.29. The number of hydrogen-bond acceptors (Lipinski definition) is 3. The van der Waals surface area contributed by atoms with E-state index in [1.165, 1.54) is 12.1 Å². The summed E-state index contributed by atoms with van der Waals surface area (Å²) < 4.78 is 17.8. The molecule has 19 heavy (non-hydrogen) atoms. The topological polar surface area (TPSA) is 41.6 Å². The van der Waals surface area contributed by atoms with E-state index in [1.54, 1.807) is 30.2 Å². The minimum atomic E-state index is -0.315. The first-order chi connectivity index (χ1) is 9.11. The Morgan fingerprint density at radius 2 is 2.11 bits per heavy atom. The Balaban J connectivity index is 2.26. The van der Waals surface area contributed by atoms with Gasteiger partial charge >= 0.3 is 0 Å². The number of hydrogen-bond donors (Lipinski definition) is 1. The SMILES string of the molecule is COCCN1C(=S)NC(=O)/C1=C\c1ccc(F)cc1. The standard InChI is InChI=1S/C13H13FN2O2S/c1-18-7-6-16-11(12(17)15-13(16)19)8-9-2-4-10(14)5-3-9/h2-5,8H,6-7H2,1H3,(H,15,17,19)/b11-8+. The third-order valence-corrected chi connectivity index (χ3v) is 3.00. The summed E-state index contributed by atoms with van der Waals surface area (Å²) in [6, 6.07) is 5.89. The van der Waals surface area contributed by atoms with Crippen LogP contribution in [0.5, 0.6) is 0 Å². The van der Waals surface area contributed by atoms with Crippen molar-refractivity contribution >= 4 is 29.3 Å². The van der Waals surface area contributed by atoms with E-state index in [1.807, 2.05) is 0 Å². The highest BCUT2D eigenvalue weighted by Crippen LogP contribution is 2.17. The Morgan fingerprint density at radius 3 is 2.74 bits per heavy atom. The highest BCUT2D eigenvalue weighted by atomic mass is 32.1. The summed E-state index contributed by atoms with van der Waals surface area (Å²) in [6.45, 7) is 0.941. The molecule has 1 aromatic carbocycles. The average Bonchev–Trinajstić information content (AvgIpc) is 2.65. The molecule has 0 unspecified atom stereocenters. The Morgan fingerprint density at radius 1 is 1.42 bits per heavy atom. The van der Waals surface area contributed by atoms with Crippen molar-refractivity contribution in [2.24, 2.45) is 0 Å². The van der Waals surface area contributed by atoms with Crippen molar-refractivity contribution in [2.45, 2.75) is 0 Å². The maximum atomic E-state index is 12.8. The van der Waals surface area contributed by atoms with Crippen LogP contribution in [0.25, 0.3) is 6.08 Å². The van der Waals surface area contributed by atoms with Gasteiger partial charge in [-0.15, -0.1) is 0 Å². The normalized spacial score (nSPS) is 17.2. The molecule has 1 saturated heterocycles. The molecule has 4 nitrogen and oxygen atoms in total. The van der Waals surface area contributed by atoms with Gasteiger partial charge in [-0.2, -0.15) is 0 Å². The van der Waals surface area contributed by atoms with Crippen molar-refractivity contribution in [2.75, 3.05) is 20.3 Å². The molecule has 1 aliphatic rings. The van der Waals surface area contributed by atoms with Crippen molar-refractivity contribution in [1.29, 1.82) is 0 Å². The van der Waals surface area contributed by atoms with Gasteiger partial charge in [-0.3, -0.25) is 10.1 Å². The van der Waals surface area contributed by atoms with Crippen LogP contribution in [0.2, 0.25) is 0 Å². The summed E-state index contributed by atoms with van der Waals surface area (Å²) in [5.41, 5.74) is 1.17. The lowest BCUT2D eigenvalue weighted by Gasteiger charge is -2.16. The first-order valence-corrected chi connectivity index (χ1v) is 6.11. The molecule has 1 fully saturated rings. The van der Waals surface area contributed by atoms with E-state index < -0.39 is 0 Å². The number of methoxy groups -OCH3 is 1. The second kappa shape index (κ2) is 5.90. The number of nitrogens with one attached hydrogen (secondary N) is 1. The fourth-order valence-electron chi connectivity index (χ4n) is 1.73. The summed E-state index contributed by atoms with van der Waals surface area (Å²) >= 11 is 5.08. The van der Waals surface area contributed by atoms with E-state index in [9.17, 15) is 9.18 Å². The quantitative estimate of drug-likeness (QED) is 0.671. The smallest absolute Gasteiger partial charge is 0.274 e. The Bertz CT molecular complexity index is 528. The van der Waals surface area contributed by atoms with Gasteiger partial charge in [0.25, 0.3) is 5.91 Å². The first-order valence-electron chi connectivity index (χ1n) is 5.71. The molecule has 2 rings (SSSR count). The van der Waals surface area contributed by atoms with Crippen LogP contribution in [-0.2, 0) is 9.53 Å². The van der Waals surface area contributed by atoms with Gasteiger partial charge in [-0.05, 0) is 36.0 Å². The summed E-state index contributed by atoms with van der Waals surface area (Å²) in [4.78, 5) is 13.5. The lowest BCUT2D eigenvalue weighted by Crippen LogP contribution is -2.30.